The molecule has 9 nitrogen and oxygen atoms in total. The van der Waals surface area contributed by atoms with Gasteiger partial charge in [0.05, 0.1) is 31.2 Å². The molecule has 0 spiro atoms. The van der Waals surface area contributed by atoms with Gasteiger partial charge in [-0.3, -0.25) is 14.9 Å². The van der Waals surface area contributed by atoms with Crippen LogP contribution in [-0.4, -0.2) is 53.8 Å². The second kappa shape index (κ2) is 6.24. The summed E-state index contributed by atoms with van der Waals surface area (Å²) in [4.78, 5) is 30.9. The van der Waals surface area contributed by atoms with Crippen molar-refractivity contribution in [2.75, 3.05) is 31.7 Å². The predicted molar refractivity (Wildman–Crippen MR) is 67.3 cm³/mol. The second-order valence-corrected chi connectivity index (χ2v) is 4.22. The molecule has 0 N–H and O–H groups in total. The topological polar surface area (TPSA) is 108 Å². The molecule has 1 atom stereocenters. The third-order valence-electron chi connectivity index (χ3n) is 2.88. The first-order valence-corrected chi connectivity index (χ1v) is 6.00. The third kappa shape index (κ3) is 3.38. The summed E-state index contributed by atoms with van der Waals surface area (Å²) in [6.45, 7) is 1.43. The van der Waals surface area contributed by atoms with Crippen molar-refractivity contribution in [2.45, 2.75) is 12.5 Å². The summed E-state index contributed by atoms with van der Waals surface area (Å²) in [7, 11) is 1.32. The number of hydrogen-bond acceptors (Lipinski definition) is 8. The molecule has 0 aliphatic carbocycles. The monoisotopic (exact) mass is 282 g/mol. The number of nitro groups is 1. The van der Waals surface area contributed by atoms with E-state index in [1.807, 2.05) is 4.90 Å². The van der Waals surface area contributed by atoms with Gasteiger partial charge in [0.2, 0.25) is 5.95 Å². The lowest BCUT2D eigenvalue weighted by Crippen LogP contribution is -2.44. The first-order valence-electron chi connectivity index (χ1n) is 6.00. The van der Waals surface area contributed by atoms with Crippen LogP contribution >= 0.6 is 0 Å². The number of anilines is 1. The van der Waals surface area contributed by atoms with Crippen LogP contribution in [0.2, 0.25) is 0 Å². The van der Waals surface area contributed by atoms with E-state index in [0.29, 0.717) is 25.6 Å². The molecule has 0 bridgehead atoms. The maximum atomic E-state index is 11.2. The Kier molecular flexibility index (Phi) is 4.41. The van der Waals surface area contributed by atoms with Crippen LogP contribution in [0.4, 0.5) is 11.6 Å². The van der Waals surface area contributed by atoms with Gasteiger partial charge in [-0.05, 0) is 0 Å². The summed E-state index contributed by atoms with van der Waals surface area (Å²) in [5.41, 5.74) is -0.159. The van der Waals surface area contributed by atoms with Crippen molar-refractivity contribution >= 4 is 17.6 Å². The quantitative estimate of drug-likeness (QED) is 0.436. The van der Waals surface area contributed by atoms with Crippen molar-refractivity contribution in [3.63, 3.8) is 0 Å². The number of carbonyl (C=O) groups is 1. The number of rotatable bonds is 4. The number of hydrogen-bond donors (Lipinski definition) is 0. The number of ether oxygens (including phenoxy) is 2. The molecular weight excluding hydrogens is 268 g/mol. The summed E-state index contributed by atoms with van der Waals surface area (Å²) >= 11 is 0. The fourth-order valence-corrected chi connectivity index (χ4v) is 1.87. The van der Waals surface area contributed by atoms with Crippen LogP contribution < -0.4 is 4.90 Å². The van der Waals surface area contributed by atoms with Crippen LogP contribution in [0.5, 0.6) is 0 Å². The third-order valence-corrected chi connectivity index (χ3v) is 2.88. The van der Waals surface area contributed by atoms with Gasteiger partial charge in [0, 0.05) is 13.1 Å². The summed E-state index contributed by atoms with van der Waals surface area (Å²) < 4.78 is 10.1. The number of esters is 1. The van der Waals surface area contributed by atoms with Gasteiger partial charge in [0.15, 0.2) is 0 Å². The summed E-state index contributed by atoms with van der Waals surface area (Å²) in [5, 5.41) is 10.5. The Balaban J connectivity index is 2.01. The van der Waals surface area contributed by atoms with E-state index < -0.39 is 4.92 Å². The van der Waals surface area contributed by atoms with Crippen molar-refractivity contribution in [1.82, 2.24) is 9.97 Å². The zero-order valence-corrected chi connectivity index (χ0v) is 10.9. The summed E-state index contributed by atoms with van der Waals surface area (Å²) in [5.74, 6) is 0.0373. The van der Waals surface area contributed by atoms with Crippen molar-refractivity contribution in [2.24, 2.45) is 0 Å². The molecule has 1 aliphatic heterocycles. The molecule has 1 aliphatic rings. The maximum Gasteiger partial charge on any atom is 0.308 e. The number of nitrogens with zero attached hydrogens (tertiary/aromatic N) is 4. The first-order chi connectivity index (χ1) is 9.60. The van der Waals surface area contributed by atoms with Gasteiger partial charge < -0.3 is 14.4 Å². The molecule has 0 radical (unpaired) electrons. The highest BCUT2D eigenvalue weighted by Crippen LogP contribution is 2.16. The predicted octanol–water partition coefficient (Wildman–Crippen LogP) is 0.153. The average Bonchev–Trinajstić information content (AvgIpc) is 2.47. The fourth-order valence-electron chi connectivity index (χ4n) is 1.87. The molecular formula is C11H14N4O5. The molecule has 9 heteroatoms. The van der Waals surface area contributed by atoms with Crippen LogP contribution in [0.3, 0.4) is 0 Å². The minimum absolute atomic E-state index is 0.153. The molecule has 1 saturated heterocycles. The van der Waals surface area contributed by atoms with Crippen LogP contribution in [-0.2, 0) is 14.3 Å². The maximum absolute atomic E-state index is 11.2. The van der Waals surface area contributed by atoms with E-state index >= 15 is 0 Å². The van der Waals surface area contributed by atoms with Gasteiger partial charge in [-0.2, -0.15) is 0 Å². The highest BCUT2D eigenvalue weighted by Gasteiger charge is 2.25. The normalized spacial score (nSPS) is 18.6. The highest BCUT2D eigenvalue weighted by atomic mass is 16.6. The van der Waals surface area contributed by atoms with E-state index in [1.165, 1.54) is 7.11 Å². The van der Waals surface area contributed by atoms with Gasteiger partial charge in [-0.25, -0.2) is 9.97 Å². The van der Waals surface area contributed by atoms with Crippen LogP contribution in [0, 0.1) is 10.1 Å². The lowest BCUT2D eigenvalue weighted by Gasteiger charge is -2.32. The van der Waals surface area contributed by atoms with Gasteiger partial charge in [-0.1, -0.05) is 0 Å². The fraction of sp³-hybridized carbons (Fsp3) is 0.545. The van der Waals surface area contributed by atoms with Crippen molar-refractivity contribution in [3.8, 4) is 0 Å². The Morgan fingerprint density at radius 3 is 2.90 bits per heavy atom. The van der Waals surface area contributed by atoms with Crippen molar-refractivity contribution < 1.29 is 19.2 Å². The lowest BCUT2D eigenvalue weighted by molar-refractivity contribution is -0.385. The Bertz CT molecular complexity index is 492. The molecule has 0 saturated carbocycles. The zero-order chi connectivity index (χ0) is 14.5. The SMILES string of the molecule is COC(=O)CC1CN(c2ncc([N+](=O)[O-])cn2)CCO1. The molecule has 20 heavy (non-hydrogen) atoms. The molecule has 1 aromatic heterocycles. The lowest BCUT2D eigenvalue weighted by atomic mass is 10.2. The number of morpholine rings is 1. The standard InChI is InChI=1S/C11H14N4O5/c1-19-10(16)4-9-7-14(2-3-20-9)11-12-5-8(6-13-11)15(17)18/h5-6,9H,2-4,7H2,1H3. The Hall–Kier alpha value is -2.29. The van der Waals surface area contributed by atoms with Gasteiger partial charge >= 0.3 is 11.7 Å². The first kappa shape index (κ1) is 14.1. The Morgan fingerprint density at radius 1 is 1.60 bits per heavy atom. The Morgan fingerprint density at radius 2 is 2.30 bits per heavy atom. The molecule has 1 unspecified atom stereocenters. The smallest absolute Gasteiger partial charge is 0.308 e. The van der Waals surface area contributed by atoms with E-state index in [1.54, 1.807) is 0 Å². The summed E-state index contributed by atoms with van der Waals surface area (Å²) in [6, 6.07) is 0. The molecule has 2 rings (SSSR count). The highest BCUT2D eigenvalue weighted by molar-refractivity contribution is 5.69. The van der Waals surface area contributed by atoms with Gasteiger partial charge in [0.1, 0.15) is 12.4 Å². The van der Waals surface area contributed by atoms with E-state index in [9.17, 15) is 14.9 Å². The zero-order valence-electron chi connectivity index (χ0n) is 10.9. The average molecular weight is 282 g/mol. The molecule has 1 aromatic rings. The van der Waals surface area contributed by atoms with E-state index in [0.717, 1.165) is 12.4 Å². The molecule has 1 fully saturated rings. The minimum Gasteiger partial charge on any atom is -0.469 e. The molecule has 2 heterocycles. The number of aromatic nitrogens is 2. The molecule has 0 aromatic carbocycles. The second-order valence-electron chi connectivity index (χ2n) is 4.22. The number of methoxy groups -OCH3 is 1. The minimum atomic E-state index is -0.552. The van der Waals surface area contributed by atoms with Crippen LogP contribution in [0.15, 0.2) is 12.4 Å². The van der Waals surface area contributed by atoms with Crippen molar-refractivity contribution in [1.29, 1.82) is 0 Å². The van der Waals surface area contributed by atoms with Gasteiger partial charge in [0.25, 0.3) is 0 Å². The largest absolute Gasteiger partial charge is 0.469 e. The number of carbonyl (C=O) groups excluding carboxylic acids is 1. The van der Waals surface area contributed by atoms with Crippen LogP contribution in [0.1, 0.15) is 6.42 Å². The van der Waals surface area contributed by atoms with Crippen LogP contribution in [0.25, 0.3) is 0 Å². The summed E-state index contributed by atoms with van der Waals surface area (Å²) in [6.07, 6.45) is 2.18. The van der Waals surface area contributed by atoms with Crippen molar-refractivity contribution in [3.05, 3.63) is 22.5 Å². The van der Waals surface area contributed by atoms with Gasteiger partial charge in [-0.15, -0.1) is 0 Å². The van der Waals surface area contributed by atoms with E-state index in [4.69, 9.17) is 4.74 Å². The van der Waals surface area contributed by atoms with E-state index in [-0.39, 0.29) is 24.2 Å². The van der Waals surface area contributed by atoms with E-state index in [2.05, 4.69) is 14.7 Å². The molecule has 108 valence electrons. The molecule has 0 amide bonds. The Labute approximate surface area is 114 Å².